The van der Waals surface area contributed by atoms with Crippen LogP contribution in [0.1, 0.15) is 0 Å². The molecule has 2 heterocycles. The number of benzene rings is 7. The van der Waals surface area contributed by atoms with Crippen molar-refractivity contribution in [2.24, 2.45) is 0 Å². The van der Waals surface area contributed by atoms with Crippen molar-refractivity contribution in [2.45, 2.75) is 0 Å². The summed E-state index contributed by atoms with van der Waals surface area (Å²) in [6, 6.07) is 60.4. The fourth-order valence-corrected chi connectivity index (χ4v) is 6.55. The number of rotatable bonds is 6. The molecule has 230 valence electrons. The van der Waals surface area contributed by atoms with Crippen LogP contribution in [0.3, 0.4) is 0 Å². The number of hydrogen-bond acceptors (Lipinski definition) is 4. The predicted octanol–water partition coefficient (Wildman–Crippen LogP) is 11.8. The Balaban J connectivity index is 1.24. The van der Waals surface area contributed by atoms with Gasteiger partial charge in [0.15, 0.2) is 17.5 Å². The van der Waals surface area contributed by atoms with Crippen molar-refractivity contribution < 1.29 is 4.42 Å². The lowest BCUT2D eigenvalue weighted by atomic mass is 9.97. The van der Waals surface area contributed by atoms with Crippen LogP contribution in [0.25, 0.3) is 89.5 Å². The number of fused-ring (bicyclic) bond motifs is 3. The maximum atomic E-state index is 6.45. The van der Waals surface area contributed by atoms with Crippen molar-refractivity contribution in [1.29, 1.82) is 0 Å². The van der Waals surface area contributed by atoms with Crippen molar-refractivity contribution in [3.8, 4) is 67.5 Å². The summed E-state index contributed by atoms with van der Waals surface area (Å²) >= 11 is 0. The van der Waals surface area contributed by atoms with Gasteiger partial charge in [-0.3, -0.25) is 0 Å². The number of aromatic nitrogens is 3. The summed E-state index contributed by atoms with van der Waals surface area (Å²) in [7, 11) is 0. The summed E-state index contributed by atoms with van der Waals surface area (Å²) in [5, 5.41) is 2.03. The average Bonchev–Trinajstić information content (AvgIpc) is 3.58. The standard InChI is InChI=1S/C45H29N3O/c1-4-12-30(13-5-1)32-22-26-35(27-23-32)43-46-44(36-28-24-33(25-29-36)31-14-6-2-7-15-31)48-45(47-43)38-19-11-21-40-42(38)41-37(18-10-20-39(41)49-40)34-16-8-3-9-17-34/h1-29H. The summed E-state index contributed by atoms with van der Waals surface area (Å²) in [6.45, 7) is 0. The quantitative estimate of drug-likeness (QED) is 0.184. The van der Waals surface area contributed by atoms with E-state index in [1.807, 2.05) is 42.5 Å². The molecule has 0 radical (unpaired) electrons. The molecule has 0 bridgehead atoms. The van der Waals surface area contributed by atoms with E-state index in [9.17, 15) is 0 Å². The maximum absolute atomic E-state index is 6.45. The summed E-state index contributed by atoms with van der Waals surface area (Å²) < 4.78 is 6.45. The molecule has 2 aromatic heterocycles. The Labute approximate surface area is 284 Å². The van der Waals surface area contributed by atoms with Crippen molar-refractivity contribution in [3.05, 3.63) is 176 Å². The number of furan rings is 1. The molecular formula is C45H29N3O. The molecule has 0 unspecified atom stereocenters. The molecule has 49 heavy (non-hydrogen) atoms. The summed E-state index contributed by atoms with van der Waals surface area (Å²) in [5.74, 6) is 1.81. The highest BCUT2D eigenvalue weighted by molar-refractivity contribution is 6.17. The van der Waals surface area contributed by atoms with Crippen LogP contribution in [-0.4, -0.2) is 15.0 Å². The van der Waals surface area contributed by atoms with Crippen LogP contribution in [-0.2, 0) is 0 Å². The van der Waals surface area contributed by atoms with Crippen LogP contribution in [0.4, 0.5) is 0 Å². The normalized spacial score (nSPS) is 11.3. The molecule has 0 atom stereocenters. The van der Waals surface area contributed by atoms with Crippen LogP contribution in [0, 0.1) is 0 Å². The topological polar surface area (TPSA) is 51.8 Å². The van der Waals surface area contributed by atoms with E-state index in [4.69, 9.17) is 19.4 Å². The van der Waals surface area contributed by atoms with Gasteiger partial charge in [-0.15, -0.1) is 0 Å². The molecule has 0 saturated carbocycles. The Hall–Kier alpha value is -6.65. The van der Waals surface area contributed by atoms with Crippen molar-refractivity contribution in [2.75, 3.05) is 0 Å². The Morgan fingerprint density at radius 2 is 0.633 bits per heavy atom. The zero-order valence-electron chi connectivity index (χ0n) is 26.5. The Morgan fingerprint density at radius 3 is 1.12 bits per heavy atom. The molecular weight excluding hydrogens is 599 g/mol. The first-order valence-electron chi connectivity index (χ1n) is 16.4. The molecule has 9 rings (SSSR count). The lowest BCUT2D eigenvalue weighted by Crippen LogP contribution is -2.00. The molecule has 4 heteroatoms. The second-order valence-electron chi connectivity index (χ2n) is 12.0. The lowest BCUT2D eigenvalue weighted by Gasteiger charge is -2.11. The van der Waals surface area contributed by atoms with Crippen molar-refractivity contribution >= 4 is 21.9 Å². The molecule has 0 spiro atoms. The first-order valence-corrected chi connectivity index (χ1v) is 16.4. The van der Waals surface area contributed by atoms with E-state index in [-0.39, 0.29) is 0 Å². The molecule has 0 aliphatic rings. The third-order valence-electron chi connectivity index (χ3n) is 8.98. The highest BCUT2D eigenvalue weighted by atomic mass is 16.3. The number of hydrogen-bond donors (Lipinski definition) is 0. The van der Waals surface area contributed by atoms with Gasteiger partial charge in [-0.1, -0.05) is 164 Å². The highest BCUT2D eigenvalue weighted by Gasteiger charge is 2.20. The minimum Gasteiger partial charge on any atom is -0.456 e. The van der Waals surface area contributed by atoms with Crippen LogP contribution in [0.15, 0.2) is 180 Å². The van der Waals surface area contributed by atoms with Crippen molar-refractivity contribution in [1.82, 2.24) is 15.0 Å². The Morgan fingerprint density at radius 1 is 0.265 bits per heavy atom. The molecule has 0 fully saturated rings. The van der Waals surface area contributed by atoms with Gasteiger partial charge in [0.25, 0.3) is 0 Å². The molecule has 0 aliphatic carbocycles. The molecule has 0 saturated heterocycles. The first-order chi connectivity index (χ1) is 24.3. The molecule has 7 aromatic carbocycles. The largest absolute Gasteiger partial charge is 0.456 e. The summed E-state index contributed by atoms with van der Waals surface area (Å²) in [5.41, 5.74) is 11.2. The van der Waals surface area contributed by atoms with Gasteiger partial charge in [0.2, 0.25) is 0 Å². The predicted molar refractivity (Wildman–Crippen MR) is 200 cm³/mol. The van der Waals surface area contributed by atoms with E-state index in [1.54, 1.807) is 0 Å². The maximum Gasteiger partial charge on any atom is 0.164 e. The number of nitrogens with zero attached hydrogens (tertiary/aromatic N) is 3. The lowest BCUT2D eigenvalue weighted by molar-refractivity contribution is 0.669. The smallest absolute Gasteiger partial charge is 0.164 e. The third-order valence-corrected chi connectivity index (χ3v) is 8.98. The molecule has 4 nitrogen and oxygen atoms in total. The van der Waals surface area contributed by atoms with Gasteiger partial charge in [0.05, 0.1) is 0 Å². The first kappa shape index (κ1) is 28.6. The monoisotopic (exact) mass is 627 g/mol. The van der Waals surface area contributed by atoms with Gasteiger partial charge >= 0.3 is 0 Å². The minimum atomic E-state index is 0.593. The van der Waals surface area contributed by atoms with E-state index >= 15 is 0 Å². The Bertz CT molecular complexity index is 2460. The van der Waals surface area contributed by atoms with Crippen LogP contribution < -0.4 is 0 Å². The molecule has 0 aliphatic heterocycles. The zero-order chi connectivity index (χ0) is 32.6. The SMILES string of the molecule is c1ccc(-c2ccc(-c3nc(-c4ccc(-c5ccccc5)cc4)nc(-c4cccc5oc6cccc(-c7ccccc7)c6c45)n3)cc2)cc1. The highest BCUT2D eigenvalue weighted by Crippen LogP contribution is 2.41. The van der Waals surface area contributed by atoms with E-state index in [1.165, 1.54) is 0 Å². The van der Waals surface area contributed by atoms with E-state index in [2.05, 4.69) is 133 Å². The van der Waals surface area contributed by atoms with Crippen LogP contribution in [0.5, 0.6) is 0 Å². The summed E-state index contributed by atoms with van der Waals surface area (Å²) in [6.07, 6.45) is 0. The fourth-order valence-electron chi connectivity index (χ4n) is 6.55. The third kappa shape index (κ3) is 5.35. The van der Waals surface area contributed by atoms with Gasteiger partial charge in [-0.25, -0.2) is 15.0 Å². The average molecular weight is 628 g/mol. The van der Waals surface area contributed by atoms with E-state index in [0.717, 1.165) is 72.0 Å². The minimum absolute atomic E-state index is 0.593. The second kappa shape index (κ2) is 12.2. The Kier molecular flexibility index (Phi) is 7.10. The van der Waals surface area contributed by atoms with E-state index in [0.29, 0.717) is 17.5 Å². The summed E-state index contributed by atoms with van der Waals surface area (Å²) in [4.78, 5) is 15.3. The zero-order valence-corrected chi connectivity index (χ0v) is 26.5. The fraction of sp³-hybridized carbons (Fsp3) is 0. The van der Waals surface area contributed by atoms with Gasteiger partial charge in [-0.05, 0) is 45.5 Å². The van der Waals surface area contributed by atoms with E-state index < -0.39 is 0 Å². The van der Waals surface area contributed by atoms with Gasteiger partial charge in [0, 0.05) is 27.5 Å². The van der Waals surface area contributed by atoms with Crippen LogP contribution in [0.2, 0.25) is 0 Å². The second-order valence-corrected chi connectivity index (χ2v) is 12.0. The van der Waals surface area contributed by atoms with Crippen molar-refractivity contribution in [3.63, 3.8) is 0 Å². The van der Waals surface area contributed by atoms with Gasteiger partial charge in [0.1, 0.15) is 11.2 Å². The van der Waals surface area contributed by atoms with Gasteiger partial charge < -0.3 is 4.42 Å². The molecule has 0 amide bonds. The van der Waals surface area contributed by atoms with Crippen LogP contribution >= 0.6 is 0 Å². The molecule has 9 aromatic rings. The van der Waals surface area contributed by atoms with Gasteiger partial charge in [-0.2, -0.15) is 0 Å². The molecule has 0 N–H and O–H groups in total.